The first-order valence-corrected chi connectivity index (χ1v) is 7.78. The lowest BCUT2D eigenvalue weighted by molar-refractivity contribution is -0.138. The van der Waals surface area contributed by atoms with Crippen molar-refractivity contribution in [3.8, 4) is 5.75 Å². The Morgan fingerprint density at radius 2 is 1.54 bits per heavy atom. The first-order valence-electron chi connectivity index (χ1n) is 7.02. The van der Waals surface area contributed by atoms with Crippen LogP contribution in [-0.4, -0.2) is 21.8 Å². The Balaban J connectivity index is 1.79. The second-order valence-electron chi connectivity index (χ2n) is 5.18. The number of aromatic hydroxyl groups is 1. The molecular formula is C17H12Cl2N2O3. The topological polar surface area (TPSA) is 69.6 Å². The Morgan fingerprint density at radius 1 is 0.917 bits per heavy atom. The first kappa shape index (κ1) is 16.4. The quantitative estimate of drug-likeness (QED) is 0.645. The maximum atomic E-state index is 12.5. The van der Waals surface area contributed by atoms with Crippen molar-refractivity contribution < 1.29 is 14.7 Å². The molecule has 0 bridgehead atoms. The van der Waals surface area contributed by atoms with Gasteiger partial charge >= 0.3 is 0 Å². The van der Waals surface area contributed by atoms with Gasteiger partial charge in [-0.25, -0.2) is 0 Å². The Hall–Kier alpha value is -2.50. The van der Waals surface area contributed by atoms with Crippen molar-refractivity contribution in [3.05, 3.63) is 69.8 Å². The molecule has 2 N–H and O–H groups in total. The number of benzene rings is 2. The number of phenols is 1. The van der Waals surface area contributed by atoms with Crippen LogP contribution in [0.4, 0.5) is 5.69 Å². The summed E-state index contributed by atoms with van der Waals surface area (Å²) in [6.45, 7) is 0.103. The van der Waals surface area contributed by atoms with Gasteiger partial charge in [0, 0.05) is 10.7 Å². The van der Waals surface area contributed by atoms with Gasteiger partial charge in [-0.2, -0.15) is 0 Å². The third-order valence-corrected chi connectivity index (χ3v) is 4.10. The number of halogens is 2. The number of anilines is 1. The zero-order chi connectivity index (χ0) is 17.3. The third kappa shape index (κ3) is 3.22. The van der Waals surface area contributed by atoms with Gasteiger partial charge < -0.3 is 10.4 Å². The van der Waals surface area contributed by atoms with E-state index in [2.05, 4.69) is 5.32 Å². The number of hydrogen-bond acceptors (Lipinski definition) is 4. The molecule has 0 aliphatic carbocycles. The molecule has 0 radical (unpaired) electrons. The summed E-state index contributed by atoms with van der Waals surface area (Å²) in [6, 6.07) is 12.9. The summed E-state index contributed by atoms with van der Waals surface area (Å²) in [7, 11) is 0. The van der Waals surface area contributed by atoms with Crippen LogP contribution in [0.3, 0.4) is 0 Å². The fourth-order valence-electron chi connectivity index (χ4n) is 2.26. The molecular weight excluding hydrogens is 351 g/mol. The van der Waals surface area contributed by atoms with Crippen LogP contribution < -0.4 is 5.32 Å². The summed E-state index contributed by atoms with van der Waals surface area (Å²) in [5.41, 5.74) is 1.31. The minimum absolute atomic E-state index is 0.0151. The predicted octanol–water partition coefficient (Wildman–Crippen LogP) is 3.48. The Bertz CT molecular complexity index is 830. The molecule has 2 aromatic rings. The van der Waals surface area contributed by atoms with Gasteiger partial charge in [0.25, 0.3) is 11.8 Å². The van der Waals surface area contributed by atoms with Crippen LogP contribution in [0, 0.1) is 0 Å². The lowest BCUT2D eigenvalue weighted by atomic mass is 10.2. The maximum absolute atomic E-state index is 12.5. The maximum Gasteiger partial charge on any atom is 0.279 e. The number of carbonyl (C=O) groups excluding carboxylic acids is 2. The molecule has 7 heteroatoms. The second-order valence-corrected chi connectivity index (χ2v) is 6.00. The molecule has 1 heterocycles. The summed E-state index contributed by atoms with van der Waals surface area (Å²) in [4.78, 5) is 25.8. The van der Waals surface area contributed by atoms with Crippen LogP contribution in [0.2, 0.25) is 5.02 Å². The lowest BCUT2D eigenvalue weighted by Gasteiger charge is -2.15. The molecule has 2 amide bonds. The number of amides is 2. The highest BCUT2D eigenvalue weighted by Gasteiger charge is 2.37. The molecule has 1 aliphatic heterocycles. The minimum Gasteiger partial charge on any atom is -0.508 e. The van der Waals surface area contributed by atoms with Gasteiger partial charge in [0.1, 0.15) is 16.5 Å². The molecule has 0 saturated heterocycles. The van der Waals surface area contributed by atoms with E-state index in [1.165, 1.54) is 12.1 Å². The Morgan fingerprint density at radius 3 is 2.17 bits per heavy atom. The average Bonchev–Trinajstić information content (AvgIpc) is 2.76. The molecule has 0 fully saturated rings. The molecule has 5 nitrogen and oxygen atoms in total. The molecule has 0 unspecified atom stereocenters. The number of imide groups is 1. The number of nitrogens with one attached hydrogen (secondary N) is 1. The van der Waals surface area contributed by atoms with Gasteiger partial charge in [-0.3, -0.25) is 14.5 Å². The number of hydrogen-bond donors (Lipinski definition) is 2. The molecule has 122 valence electrons. The van der Waals surface area contributed by atoms with Crippen molar-refractivity contribution in [2.45, 2.75) is 6.54 Å². The lowest BCUT2D eigenvalue weighted by Crippen LogP contribution is -2.31. The van der Waals surface area contributed by atoms with E-state index >= 15 is 0 Å². The van der Waals surface area contributed by atoms with Gasteiger partial charge in [-0.15, -0.1) is 0 Å². The van der Waals surface area contributed by atoms with E-state index in [0.29, 0.717) is 10.7 Å². The number of carbonyl (C=O) groups is 2. The summed E-state index contributed by atoms with van der Waals surface area (Å²) >= 11 is 11.9. The van der Waals surface area contributed by atoms with Crippen molar-refractivity contribution in [1.82, 2.24) is 4.90 Å². The van der Waals surface area contributed by atoms with Gasteiger partial charge in [0.2, 0.25) is 0 Å². The standard InChI is InChI=1S/C17H12Cl2N2O3/c18-11-3-1-10(2-4-11)9-21-16(23)14(19)15(17(21)24)20-12-5-7-13(22)8-6-12/h1-8,20,22H,9H2. The highest BCUT2D eigenvalue weighted by Crippen LogP contribution is 2.27. The molecule has 3 rings (SSSR count). The number of phenolic OH excluding ortho intramolecular Hbond substituents is 1. The van der Waals surface area contributed by atoms with E-state index in [-0.39, 0.29) is 23.0 Å². The monoisotopic (exact) mass is 362 g/mol. The van der Waals surface area contributed by atoms with E-state index in [1.807, 2.05) is 0 Å². The van der Waals surface area contributed by atoms with Gasteiger partial charge in [-0.1, -0.05) is 35.3 Å². The van der Waals surface area contributed by atoms with Crippen LogP contribution >= 0.6 is 23.2 Å². The van der Waals surface area contributed by atoms with Crippen molar-refractivity contribution in [3.63, 3.8) is 0 Å². The predicted molar refractivity (Wildman–Crippen MR) is 91.6 cm³/mol. The van der Waals surface area contributed by atoms with Gasteiger partial charge in [-0.05, 0) is 42.0 Å². The molecule has 0 atom stereocenters. The number of nitrogens with zero attached hydrogens (tertiary/aromatic N) is 1. The molecule has 24 heavy (non-hydrogen) atoms. The highest BCUT2D eigenvalue weighted by molar-refractivity contribution is 6.48. The number of rotatable bonds is 4. The van der Waals surface area contributed by atoms with E-state index in [9.17, 15) is 14.7 Å². The Kier molecular flexibility index (Phi) is 4.46. The van der Waals surface area contributed by atoms with Crippen molar-refractivity contribution >= 4 is 40.7 Å². The van der Waals surface area contributed by atoms with E-state index < -0.39 is 11.8 Å². The van der Waals surface area contributed by atoms with E-state index in [1.54, 1.807) is 36.4 Å². The SMILES string of the molecule is O=C1C(Cl)=C(Nc2ccc(O)cc2)C(=O)N1Cc1ccc(Cl)cc1. The molecule has 1 aliphatic rings. The molecule has 2 aromatic carbocycles. The van der Waals surface area contributed by atoms with Crippen molar-refractivity contribution in [1.29, 1.82) is 0 Å². The summed E-state index contributed by atoms with van der Waals surface area (Å²) in [6.07, 6.45) is 0. The van der Waals surface area contributed by atoms with Crippen molar-refractivity contribution in [2.24, 2.45) is 0 Å². The Labute approximate surface area is 148 Å². The minimum atomic E-state index is -0.558. The smallest absolute Gasteiger partial charge is 0.279 e. The first-order chi connectivity index (χ1) is 11.5. The summed E-state index contributed by atoms with van der Waals surface area (Å²) in [5.74, 6) is -0.968. The van der Waals surface area contributed by atoms with Crippen LogP contribution in [0.1, 0.15) is 5.56 Å². The van der Waals surface area contributed by atoms with Crippen LogP contribution in [0.25, 0.3) is 0 Å². The highest BCUT2D eigenvalue weighted by atomic mass is 35.5. The zero-order valence-electron chi connectivity index (χ0n) is 12.3. The average molecular weight is 363 g/mol. The summed E-state index contributed by atoms with van der Waals surface area (Å²) in [5, 5.41) is 12.5. The van der Waals surface area contributed by atoms with Crippen molar-refractivity contribution in [2.75, 3.05) is 5.32 Å². The summed E-state index contributed by atoms with van der Waals surface area (Å²) < 4.78 is 0. The van der Waals surface area contributed by atoms with E-state index in [0.717, 1.165) is 10.5 Å². The van der Waals surface area contributed by atoms with E-state index in [4.69, 9.17) is 23.2 Å². The largest absolute Gasteiger partial charge is 0.508 e. The van der Waals surface area contributed by atoms with Gasteiger partial charge in [0.05, 0.1) is 6.54 Å². The van der Waals surface area contributed by atoms with Crippen LogP contribution in [0.15, 0.2) is 59.3 Å². The fraction of sp³-hybridized carbons (Fsp3) is 0.0588. The van der Waals surface area contributed by atoms with Crippen LogP contribution in [-0.2, 0) is 16.1 Å². The zero-order valence-corrected chi connectivity index (χ0v) is 13.8. The van der Waals surface area contributed by atoms with Gasteiger partial charge in [0.15, 0.2) is 0 Å². The third-order valence-electron chi connectivity index (χ3n) is 3.50. The fourth-order valence-corrected chi connectivity index (χ4v) is 2.62. The normalized spacial score (nSPS) is 14.5. The second kappa shape index (κ2) is 6.55. The molecule has 0 saturated carbocycles. The molecule has 0 spiro atoms. The van der Waals surface area contributed by atoms with Crippen LogP contribution in [0.5, 0.6) is 5.75 Å². The molecule has 0 aromatic heterocycles.